The first-order valence-electron chi connectivity index (χ1n) is 3.92. The monoisotopic (exact) mass is 207 g/mol. The summed E-state index contributed by atoms with van der Waals surface area (Å²) in [4.78, 5) is 3.60. The maximum absolute atomic E-state index is 12.9. The zero-order valence-electron chi connectivity index (χ0n) is 6.93. The third-order valence-electron chi connectivity index (χ3n) is 1.46. The van der Waals surface area contributed by atoms with Crippen LogP contribution in [0.2, 0.25) is 0 Å². The van der Waals surface area contributed by atoms with E-state index < -0.39 is 11.5 Å². The van der Waals surface area contributed by atoms with Crippen LogP contribution in [0.4, 0.5) is 4.39 Å². The zero-order valence-corrected chi connectivity index (χ0v) is 7.68. The van der Waals surface area contributed by atoms with Crippen LogP contribution in [-0.2, 0) is 0 Å². The van der Waals surface area contributed by atoms with Crippen LogP contribution in [0.25, 0.3) is 0 Å². The minimum Gasteiger partial charge on any atom is -0.396 e. The van der Waals surface area contributed by atoms with Crippen LogP contribution < -0.4 is 10.6 Å². The SMILES string of the molecule is OCCCNC1=C(F)C=NC(Cl)N1. The second kappa shape index (κ2) is 5.04. The molecule has 4 nitrogen and oxygen atoms in total. The van der Waals surface area contributed by atoms with E-state index in [1.165, 1.54) is 0 Å². The van der Waals surface area contributed by atoms with Gasteiger partial charge in [-0.05, 0) is 6.42 Å². The van der Waals surface area contributed by atoms with Crippen molar-refractivity contribution in [2.24, 2.45) is 4.99 Å². The summed E-state index contributed by atoms with van der Waals surface area (Å²) in [7, 11) is 0. The molecule has 13 heavy (non-hydrogen) atoms. The number of aliphatic imine (C=N–C) groups is 1. The third-order valence-corrected chi connectivity index (χ3v) is 1.68. The van der Waals surface area contributed by atoms with Gasteiger partial charge in [0.25, 0.3) is 0 Å². The molecule has 1 rings (SSSR count). The molecule has 1 unspecified atom stereocenters. The molecule has 0 fully saturated rings. The highest BCUT2D eigenvalue weighted by Crippen LogP contribution is 2.08. The van der Waals surface area contributed by atoms with Crippen molar-refractivity contribution in [2.75, 3.05) is 13.2 Å². The second-order valence-corrected chi connectivity index (χ2v) is 2.90. The fourth-order valence-corrected chi connectivity index (χ4v) is 1.01. The van der Waals surface area contributed by atoms with E-state index in [9.17, 15) is 4.39 Å². The molecule has 0 saturated carbocycles. The summed E-state index contributed by atoms with van der Waals surface area (Å²) in [6, 6.07) is 0. The average molecular weight is 208 g/mol. The largest absolute Gasteiger partial charge is 0.396 e. The minimum absolute atomic E-state index is 0.0697. The van der Waals surface area contributed by atoms with Gasteiger partial charge in [0.2, 0.25) is 0 Å². The Hall–Kier alpha value is -0.810. The van der Waals surface area contributed by atoms with E-state index >= 15 is 0 Å². The molecule has 1 atom stereocenters. The second-order valence-electron chi connectivity index (χ2n) is 2.49. The van der Waals surface area contributed by atoms with E-state index in [4.69, 9.17) is 16.7 Å². The number of aliphatic hydroxyl groups is 1. The van der Waals surface area contributed by atoms with Crippen LogP contribution >= 0.6 is 11.6 Å². The van der Waals surface area contributed by atoms with Gasteiger partial charge in [0, 0.05) is 13.2 Å². The molecule has 74 valence electrons. The van der Waals surface area contributed by atoms with E-state index in [1.807, 2.05) is 0 Å². The summed E-state index contributed by atoms with van der Waals surface area (Å²) in [5, 5.41) is 13.9. The number of allylic oxidation sites excluding steroid dienone is 1. The molecule has 0 radical (unpaired) electrons. The van der Waals surface area contributed by atoms with Gasteiger partial charge in [0.15, 0.2) is 11.5 Å². The van der Waals surface area contributed by atoms with Crippen molar-refractivity contribution in [3.05, 3.63) is 11.6 Å². The summed E-state index contributed by atoms with van der Waals surface area (Å²) in [5.74, 6) is -0.252. The fraction of sp³-hybridized carbons (Fsp3) is 0.571. The number of hydrogen-bond donors (Lipinski definition) is 3. The van der Waals surface area contributed by atoms with Gasteiger partial charge in [0.05, 0.1) is 6.21 Å². The molecule has 0 amide bonds. The molecule has 0 aromatic heterocycles. The van der Waals surface area contributed by atoms with Gasteiger partial charge in [-0.3, -0.25) is 0 Å². The molecule has 3 N–H and O–H groups in total. The number of aliphatic hydroxyl groups excluding tert-OH is 1. The zero-order chi connectivity index (χ0) is 9.68. The average Bonchev–Trinajstić information content (AvgIpc) is 2.11. The lowest BCUT2D eigenvalue weighted by Gasteiger charge is -2.18. The molecule has 1 heterocycles. The van der Waals surface area contributed by atoms with Gasteiger partial charge < -0.3 is 15.7 Å². The molecule has 0 aliphatic carbocycles. The fourth-order valence-electron chi connectivity index (χ4n) is 0.849. The highest BCUT2D eigenvalue weighted by Gasteiger charge is 2.12. The Labute approximate surface area is 80.5 Å². The Morgan fingerprint density at radius 3 is 3.23 bits per heavy atom. The minimum atomic E-state index is -0.629. The van der Waals surface area contributed by atoms with Gasteiger partial charge in [-0.15, -0.1) is 0 Å². The molecule has 0 bridgehead atoms. The molecular weight excluding hydrogens is 197 g/mol. The summed E-state index contributed by atoms with van der Waals surface area (Å²) in [6.45, 7) is 0.560. The predicted molar refractivity (Wildman–Crippen MR) is 49.1 cm³/mol. The van der Waals surface area contributed by atoms with Crippen molar-refractivity contribution >= 4 is 17.8 Å². The maximum Gasteiger partial charge on any atom is 0.196 e. The molecule has 0 aromatic carbocycles. The van der Waals surface area contributed by atoms with E-state index in [0.717, 1.165) is 6.21 Å². The van der Waals surface area contributed by atoms with Crippen LogP contribution in [0.1, 0.15) is 6.42 Å². The van der Waals surface area contributed by atoms with E-state index in [2.05, 4.69) is 15.6 Å². The molecule has 1 aliphatic heterocycles. The number of alkyl halides is 1. The van der Waals surface area contributed by atoms with Gasteiger partial charge in [-0.1, -0.05) is 11.6 Å². The first kappa shape index (κ1) is 10.3. The summed E-state index contributed by atoms with van der Waals surface area (Å²) in [5.41, 5.74) is -0.629. The van der Waals surface area contributed by atoms with Crippen LogP contribution in [0, 0.1) is 0 Å². The smallest absolute Gasteiger partial charge is 0.196 e. The Balaban J connectivity index is 2.42. The van der Waals surface area contributed by atoms with Crippen molar-refractivity contribution in [3.8, 4) is 0 Å². The van der Waals surface area contributed by atoms with E-state index in [-0.39, 0.29) is 12.4 Å². The Morgan fingerprint density at radius 2 is 2.54 bits per heavy atom. The molecule has 0 spiro atoms. The quantitative estimate of drug-likeness (QED) is 0.353. The molecular formula is C7H11ClFN3O. The van der Waals surface area contributed by atoms with Crippen molar-refractivity contribution < 1.29 is 9.50 Å². The lowest BCUT2D eigenvalue weighted by molar-refractivity contribution is 0.287. The van der Waals surface area contributed by atoms with Crippen LogP contribution in [0.15, 0.2) is 16.6 Å². The van der Waals surface area contributed by atoms with Gasteiger partial charge in [-0.2, -0.15) is 0 Å². The topological polar surface area (TPSA) is 56.6 Å². The molecule has 0 aromatic rings. The van der Waals surface area contributed by atoms with E-state index in [1.54, 1.807) is 0 Å². The van der Waals surface area contributed by atoms with Gasteiger partial charge in [0.1, 0.15) is 5.82 Å². The summed E-state index contributed by atoms with van der Waals surface area (Å²) in [6.07, 6.45) is 1.62. The third kappa shape index (κ3) is 3.20. The highest BCUT2D eigenvalue weighted by atomic mass is 35.5. The Bertz CT molecular complexity index is 232. The maximum atomic E-state index is 12.9. The Morgan fingerprint density at radius 1 is 1.77 bits per heavy atom. The molecule has 0 saturated heterocycles. The Kier molecular flexibility index (Phi) is 3.98. The van der Waals surface area contributed by atoms with Crippen LogP contribution in [0.3, 0.4) is 0 Å². The summed E-state index contributed by atoms with van der Waals surface area (Å²) < 4.78 is 12.9. The first-order chi connectivity index (χ1) is 6.24. The molecule has 1 aliphatic rings. The standard InChI is InChI=1S/C7H11ClFN3O/c8-7-11-4-5(9)6(12-7)10-2-1-3-13/h4,7,10,12-13H,1-3H2. The first-order valence-corrected chi connectivity index (χ1v) is 4.36. The number of hydrogen-bond acceptors (Lipinski definition) is 4. The van der Waals surface area contributed by atoms with Crippen molar-refractivity contribution in [3.63, 3.8) is 0 Å². The normalized spacial score (nSPS) is 21.6. The lowest BCUT2D eigenvalue weighted by atomic mass is 10.4. The van der Waals surface area contributed by atoms with Crippen molar-refractivity contribution in [1.29, 1.82) is 0 Å². The predicted octanol–water partition coefficient (Wildman–Crippen LogP) is 0.293. The molecule has 6 heteroatoms. The number of nitrogens with zero attached hydrogens (tertiary/aromatic N) is 1. The lowest BCUT2D eigenvalue weighted by Crippen LogP contribution is -2.35. The van der Waals surface area contributed by atoms with Crippen LogP contribution in [0.5, 0.6) is 0 Å². The van der Waals surface area contributed by atoms with Gasteiger partial charge in [-0.25, -0.2) is 9.38 Å². The summed E-state index contributed by atoms with van der Waals surface area (Å²) >= 11 is 5.59. The van der Waals surface area contributed by atoms with Crippen LogP contribution in [-0.4, -0.2) is 30.1 Å². The number of rotatable bonds is 4. The van der Waals surface area contributed by atoms with Crippen molar-refractivity contribution in [2.45, 2.75) is 12.0 Å². The number of halogens is 2. The highest BCUT2D eigenvalue weighted by molar-refractivity contribution is 6.21. The van der Waals surface area contributed by atoms with E-state index in [0.29, 0.717) is 13.0 Å². The van der Waals surface area contributed by atoms with Gasteiger partial charge >= 0.3 is 0 Å². The number of nitrogens with one attached hydrogen (secondary N) is 2. The van der Waals surface area contributed by atoms with Crippen molar-refractivity contribution in [1.82, 2.24) is 10.6 Å².